The number of hydrogen-bond donors (Lipinski definition) is 1. The molecule has 0 spiro atoms. The van der Waals surface area contributed by atoms with Gasteiger partial charge in [0.2, 0.25) is 0 Å². The molecule has 30 heavy (non-hydrogen) atoms. The van der Waals surface area contributed by atoms with Gasteiger partial charge in [-0.15, -0.1) is 0 Å². The topological polar surface area (TPSA) is 63.6 Å². The molecule has 0 aliphatic heterocycles. The van der Waals surface area contributed by atoms with Gasteiger partial charge < -0.3 is 9.84 Å². The Labute approximate surface area is 185 Å². The number of ether oxygens (including phenoxy) is 1. The molecule has 1 rings (SSSR count). The van der Waals surface area contributed by atoms with Gasteiger partial charge >= 0.3 is 11.9 Å². The van der Waals surface area contributed by atoms with E-state index >= 15 is 0 Å². The van der Waals surface area contributed by atoms with Crippen molar-refractivity contribution in [1.82, 2.24) is 0 Å². The first-order chi connectivity index (χ1) is 14.4. The molecule has 4 heteroatoms. The van der Waals surface area contributed by atoms with Gasteiger partial charge in [0.25, 0.3) is 0 Å². The fourth-order valence-corrected chi connectivity index (χ4v) is 4.88. The van der Waals surface area contributed by atoms with E-state index in [0.717, 1.165) is 57.3 Å². The van der Waals surface area contributed by atoms with Gasteiger partial charge in [-0.2, -0.15) is 0 Å². The number of carbonyl (C=O) groups excluding carboxylic acids is 1. The summed E-state index contributed by atoms with van der Waals surface area (Å²) in [7, 11) is 0. The molecule has 4 nitrogen and oxygen atoms in total. The third-order valence-corrected chi connectivity index (χ3v) is 6.90. The molecule has 176 valence electrons. The van der Waals surface area contributed by atoms with Crippen molar-refractivity contribution in [3.05, 3.63) is 0 Å². The second kappa shape index (κ2) is 15.7. The Bertz CT molecular complexity index is 474. The summed E-state index contributed by atoms with van der Waals surface area (Å²) in [6, 6.07) is 0. The lowest BCUT2D eigenvalue weighted by Crippen LogP contribution is -2.37. The average Bonchev–Trinajstić information content (AvgIpc) is 2.72. The van der Waals surface area contributed by atoms with Crippen LogP contribution in [0.4, 0.5) is 0 Å². The fraction of sp³-hybridized carbons (Fsp3) is 0.923. The van der Waals surface area contributed by atoms with E-state index in [1.807, 2.05) is 0 Å². The van der Waals surface area contributed by atoms with E-state index in [1.165, 1.54) is 32.1 Å². The van der Waals surface area contributed by atoms with E-state index in [2.05, 4.69) is 27.7 Å². The summed E-state index contributed by atoms with van der Waals surface area (Å²) in [6.07, 6.45) is 15.8. The molecule has 0 saturated heterocycles. The van der Waals surface area contributed by atoms with Crippen LogP contribution in [0.25, 0.3) is 0 Å². The van der Waals surface area contributed by atoms with E-state index in [4.69, 9.17) is 4.74 Å². The molecule has 0 amide bonds. The number of aliphatic carboxylic acids is 1. The van der Waals surface area contributed by atoms with Crippen LogP contribution in [-0.4, -0.2) is 23.1 Å². The summed E-state index contributed by atoms with van der Waals surface area (Å²) in [5.41, 5.74) is 0. The Balaban J connectivity index is 2.61. The lowest BCUT2D eigenvalue weighted by molar-refractivity contribution is -0.166. The van der Waals surface area contributed by atoms with Crippen molar-refractivity contribution < 1.29 is 19.4 Å². The third kappa shape index (κ3) is 10.3. The monoisotopic (exact) mass is 424 g/mol. The van der Waals surface area contributed by atoms with Gasteiger partial charge in [-0.3, -0.25) is 9.59 Å². The van der Waals surface area contributed by atoms with E-state index in [9.17, 15) is 14.7 Å². The first kappa shape index (κ1) is 27.0. The van der Waals surface area contributed by atoms with Gasteiger partial charge in [-0.25, -0.2) is 0 Å². The summed E-state index contributed by atoms with van der Waals surface area (Å²) in [5, 5.41) is 9.53. The minimum absolute atomic E-state index is 0.0546. The lowest BCUT2D eigenvalue weighted by atomic mass is 9.79. The highest BCUT2D eigenvalue weighted by atomic mass is 16.5. The van der Waals surface area contributed by atoms with Gasteiger partial charge in [0, 0.05) is 0 Å². The first-order valence-corrected chi connectivity index (χ1v) is 12.8. The van der Waals surface area contributed by atoms with Crippen LogP contribution in [0.5, 0.6) is 0 Å². The molecule has 0 radical (unpaired) electrons. The molecule has 0 bridgehead atoms. The molecule has 1 saturated carbocycles. The molecular formula is C26H48O4. The van der Waals surface area contributed by atoms with Crippen LogP contribution in [0.1, 0.15) is 124 Å². The minimum atomic E-state index is -0.840. The number of unbranched alkanes of at least 4 members (excludes halogenated alkanes) is 5. The number of carboxylic acid groups (broad SMARTS) is 1. The van der Waals surface area contributed by atoms with Crippen LogP contribution in [0.15, 0.2) is 0 Å². The molecule has 0 aromatic rings. The highest BCUT2D eigenvalue weighted by Gasteiger charge is 2.38. The first-order valence-electron chi connectivity index (χ1n) is 12.8. The standard InChI is InChI=1S/C26H48O4/c1-5-7-16-21(6-2)24(19-12-10-8-9-11-15-20(3)4)30-26(29)23-18-14-13-17-22(23)25(27)28/h20-24H,5-19H2,1-4H3,(H,27,28). The average molecular weight is 425 g/mol. The minimum Gasteiger partial charge on any atom is -0.481 e. The van der Waals surface area contributed by atoms with Crippen molar-refractivity contribution in [2.24, 2.45) is 23.7 Å². The summed E-state index contributed by atoms with van der Waals surface area (Å²) < 4.78 is 6.08. The molecule has 0 aromatic carbocycles. The molecular weight excluding hydrogens is 376 g/mol. The van der Waals surface area contributed by atoms with Crippen molar-refractivity contribution in [3.8, 4) is 0 Å². The largest absolute Gasteiger partial charge is 0.481 e. The lowest BCUT2D eigenvalue weighted by Gasteiger charge is -2.31. The van der Waals surface area contributed by atoms with Gasteiger partial charge in [0.05, 0.1) is 11.8 Å². The normalized spacial score (nSPS) is 21.4. The van der Waals surface area contributed by atoms with Crippen molar-refractivity contribution in [2.75, 3.05) is 0 Å². The van der Waals surface area contributed by atoms with E-state index < -0.39 is 17.8 Å². The highest BCUT2D eigenvalue weighted by molar-refractivity contribution is 5.81. The maximum atomic E-state index is 13.0. The smallest absolute Gasteiger partial charge is 0.310 e. The molecule has 0 heterocycles. The van der Waals surface area contributed by atoms with Crippen molar-refractivity contribution in [1.29, 1.82) is 0 Å². The SMILES string of the molecule is CCCCC(CC)C(CCCCCCCC(C)C)OC(=O)C1CCCCC1C(=O)O. The molecule has 1 aliphatic carbocycles. The van der Waals surface area contributed by atoms with Crippen LogP contribution in [0.2, 0.25) is 0 Å². The van der Waals surface area contributed by atoms with Crippen LogP contribution in [-0.2, 0) is 14.3 Å². The third-order valence-electron chi connectivity index (χ3n) is 6.90. The zero-order chi connectivity index (χ0) is 22.4. The summed E-state index contributed by atoms with van der Waals surface area (Å²) in [4.78, 5) is 24.6. The number of hydrogen-bond acceptors (Lipinski definition) is 3. The fourth-order valence-electron chi connectivity index (χ4n) is 4.88. The molecule has 1 aliphatic rings. The maximum Gasteiger partial charge on any atom is 0.310 e. The Morgan fingerprint density at radius 3 is 2.03 bits per heavy atom. The van der Waals surface area contributed by atoms with Crippen LogP contribution in [0.3, 0.4) is 0 Å². The van der Waals surface area contributed by atoms with Crippen molar-refractivity contribution in [2.45, 2.75) is 130 Å². The molecule has 4 atom stereocenters. The summed E-state index contributed by atoms with van der Waals surface area (Å²) in [5.74, 6) is -0.942. The predicted molar refractivity (Wildman–Crippen MR) is 123 cm³/mol. The van der Waals surface area contributed by atoms with Gasteiger partial charge in [0.15, 0.2) is 0 Å². The second-order valence-corrected chi connectivity index (χ2v) is 9.86. The number of carbonyl (C=O) groups is 2. The highest BCUT2D eigenvalue weighted by Crippen LogP contribution is 2.33. The van der Waals surface area contributed by atoms with Crippen molar-refractivity contribution in [3.63, 3.8) is 0 Å². The molecule has 1 N–H and O–H groups in total. The zero-order valence-electron chi connectivity index (χ0n) is 20.2. The van der Waals surface area contributed by atoms with Crippen LogP contribution < -0.4 is 0 Å². The number of rotatable bonds is 16. The molecule has 4 unspecified atom stereocenters. The maximum absolute atomic E-state index is 13.0. The molecule has 1 fully saturated rings. The van der Waals surface area contributed by atoms with E-state index in [1.54, 1.807) is 0 Å². The predicted octanol–water partition coefficient (Wildman–Crippen LogP) is 7.39. The second-order valence-electron chi connectivity index (χ2n) is 9.86. The zero-order valence-corrected chi connectivity index (χ0v) is 20.2. The Kier molecular flexibility index (Phi) is 14.1. The summed E-state index contributed by atoms with van der Waals surface area (Å²) >= 11 is 0. The van der Waals surface area contributed by atoms with E-state index in [-0.39, 0.29) is 12.1 Å². The quantitative estimate of drug-likeness (QED) is 0.207. The van der Waals surface area contributed by atoms with Gasteiger partial charge in [-0.05, 0) is 50.4 Å². The Hall–Kier alpha value is -1.06. The Morgan fingerprint density at radius 1 is 0.867 bits per heavy atom. The number of esters is 1. The van der Waals surface area contributed by atoms with Crippen LogP contribution >= 0.6 is 0 Å². The van der Waals surface area contributed by atoms with Crippen molar-refractivity contribution >= 4 is 11.9 Å². The molecule has 0 aromatic heterocycles. The Morgan fingerprint density at radius 2 is 1.47 bits per heavy atom. The van der Waals surface area contributed by atoms with Gasteiger partial charge in [0.1, 0.15) is 6.10 Å². The van der Waals surface area contributed by atoms with Gasteiger partial charge in [-0.1, -0.05) is 85.5 Å². The summed E-state index contributed by atoms with van der Waals surface area (Å²) in [6.45, 7) is 8.95. The number of carboxylic acids is 1. The van der Waals surface area contributed by atoms with Crippen LogP contribution in [0, 0.1) is 23.7 Å². The van der Waals surface area contributed by atoms with E-state index in [0.29, 0.717) is 18.8 Å².